The number of hydrogen-bond acceptors (Lipinski definition) is 7. The Morgan fingerprint density at radius 2 is 0.891 bits per heavy atom. The van der Waals surface area contributed by atoms with E-state index in [1.807, 2.05) is 21.1 Å². The SMILES string of the molecule is CC/C=C\C/C=C\C/C=C\C/C=C\C/C=C\C/C=C\CCCCCCCCC(=O)OC(COC(=O)CCCCCCC/C=C\CCCCCCCC)COP(=O)(O)OCC[N+](C)(C)C. The van der Waals surface area contributed by atoms with E-state index in [1.54, 1.807) is 0 Å². The first-order valence-corrected chi connectivity index (χ1v) is 26.8. The number of hydrogen-bond donors (Lipinski definition) is 1. The van der Waals surface area contributed by atoms with Crippen molar-refractivity contribution in [3.05, 3.63) is 85.1 Å². The van der Waals surface area contributed by atoms with Crippen LogP contribution in [0.5, 0.6) is 0 Å². The zero-order chi connectivity index (χ0) is 47.1. The second kappa shape index (κ2) is 45.4. The Balaban J connectivity index is 4.32. The Hall–Kier alpha value is -2.81. The van der Waals surface area contributed by atoms with Crippen LogP contribution in [-0.2, 0) is 32.7 Å². The summed E-state index contributed by atoms with van der Waals surface area (Å²) in [5.74, 6) is -0.829. The number of unbranched alkanes of at least 4 members (excludes halogenated alkanes) is 17. The predicted molar refractivity (Wildman–Crippen MR) is 270 cm³/mol. The average molecular weight is 917 g/mol. The van der Waals surface area contributed by atoms with Crippen molar-refractivity contribution >= 4 is 19.8 Å². The molecule has 0 rings (SSSR count). The van der Waals surface area contributed by atoms with Crippen molar-refractivity contribution in [1.82, 2.24) is 0 Å². The number of phosphoric acid groups is 1. The van der Waals surface area contributed by atoms with E-state index in [2.05, 4.69) is 98.9 Å². The maximum absolute atomic E-state index is 12.8. The van der Waals surface area contributed by atoms with Gasteiger partial charge in [0.1, 0.15) is 19.8 Å². The maximum atomic E-state index is 12.8. The topological polar surface area (TPSA) is 108 Å². The van der Waals surface area contributed by atoms with Gasteiger partial charge >= 0.3 is 19.8 Å². The van der Waals surface area contributed by atoms with Crippen LogP contribution in [-0.4, -0.2) is 74.9 Å². The summed E-state index contributed by atoms with van der Waals surface area (Å²) in [5.41, 5.74) is 0. The minimum atomic E-state index is -4.39. The number of likely N-dealkylation sites (N-methyl/N-ethyl adjacent to an activating group) is 1. The number of phosphoric ester groups is 1. The predicted octanol–water partition coefficient (Wildman–Crippen LogP) is 15.1. The summed E-state index contributed by atoms with van der Waals surface area (Å²) >= 11 is 0. The summed E-state index contributed by atoms with van der Waals surface area (Å²) in [6.07, 6.45) is 59.2. The van der Waals surface area contributed by atoms with Crippen LogP contribution in [0.25, 0.3) is 0 Å². The molecular weight excluding hydrogens is 822 g/mol. The van der Waals surface area contributed by atoms with E-state index in [1.165, 1.54) is 44.9 Å². The van der Waals surface area contributed by atoms with E-state index in [0.717, 1.165) is 116 Å². The fourth-order valence-electron chi connectivity index (χ4n) is 6.48. The lowest BCUT2D eigenvalue weighted by atomic mass is 10.1. The zero-order valence-electron chi connectivity index (χ0n) is 41.5. The molecule has 0 bridgehead atoms. The lowest BCUT2D eigenvalue weighted by Crippen LogP contribution is -2.37. The van der Waals surface area contributed by atoms with Crippen LogP contribution in [0.3, 0.4) is 0 Å². The molecule has 0 saturated carbocycles. The average Bonchev–Trinajstić information content (AvgIpc) is 3.25. The fourth-order valence-corrected chi connectivity index (χ4v) is 7.22. The number of allylic oxidation sites excluding steroid dienone is 14. The monoisotopic (exact) mass is 917 g/mol. The Labute approximate surface area is 392 Å². The standard InChI is InChI=1S/C54H94NO8P/c1-6-8-10-12-14-16-18-20-22-23-24-25-26-27-28-29-30-31-33-35-37-39-41-43-45-47-54(57)63-52(51-62-64(58,59)61-49-48-55(3,4)5)50-60-53(56)46-44-42-40-38-36-34-32-21-19-17-15-13-11-9-7-2/h8,10,14,16,20-22,24-25,27-28,30-32,52H,6-7,9,11-13,15,17-19,23,26,29,33-51H2,1-5H3/p+1/b10-8-,16-14-,22-20-,25-24-,28-27-,31-30-,32-21-. The van der Waals surface area contributed by atoms with Crippen LogP contribution in [0.15, 0.2) is 85.1 Å². The molecule has 0 radical (unpaired) electrons. The van der Waals surface area contributed by atoms with Gasteiger partial charge in [0.15, 0.2) is 6.10 Å². The van der Waals surface area contributed by atoms with Crippen molar-refractivity contribution in [3.63, 3.8) is 0 Å². The molecule has 10 heteroatoms. The first-order valence-electron chi connectivity index (χ1n) is 25.3. The highest BCUT2D eigenvalue weighted by molar-refractivity contribution is 7.47. The molecule has 368 valence electrons. The Bertz CT molecular complexity index is 1360. The van der Waals surface area contributed by atoms with E-state index in [9.17, 15) is 19.0 Å². The van der Waals surface area contributed by atoms with Gasteiger partial charge in [-0.25, -0.2) is 4.57 Å². The number of carbonyl (C=O) groups excluding carboxylic acids is 2. The number of quaternary nitrogens is 1. The fraction of sp³-hybridized carbons (Fsp3) is 0.704. The molecule has 9 nitrogen and oxygen atoms in total. The van der Waals surface area contributed by atoms with Gasteiger partial charge in [-0.15, -0.1) is 0 Å². The highest BCUT2D eigenvalue weighted by Crippen LogP contribution is 2.43. The summed E-state index contributed by atoms with van der Waals surface area (Å²) in [6, 6.07) is 0. The summed E-state index contributed by atoms with van der Waals surface area (Å²) in [6.45, 7) is 4.27. The Morgan fingerprint density at radius 3 is 1.34 bits per heavy atom. The van der Waals surface area contributed by atoms with Gasteiger partial charge in [0.25, 0.3) is 0 Å². The molecule has 0 aromatic carbocycles. The van der Waals surface area contributed by atoms with Gasteiger partial charge in [-0.2, -0.15) is 0 Å². The summed E-state index contributed by atoms with van der Waals surface area (Å²) < 4.78 is 34.4. The van der Waals surface area contributed by atoms with Gasteiger partial charge in [-0.05, 0) is 89.9 Å². The molecule has 0 aromatic heterocycles. The molecule has 0 fully saturated rings. The third kappa shape index (κ3) is 48.6. The number of carbonyl (C=O) groups is 2. The van der Waals surface area contributed by atoms with Crippen molar-refractivity contribution in [1.29, 1.82) is 0 Å². The summed E-state index contributed by atoms with van der Waals surface area (Å²) in [5, 5.41) is 0. The number of esters is 2. The molecular formula is C54H95NO8P+. The van der Waals surface area contributed by atoms with Crippen LogP contribution < -0.4 is 0 Å². The van der Waals surface area contributed by atoms with Crippen molar-refractivity contribution < 1.29 is 42.1 Å². The van der Waals surface area contributed by atoms with Crippen LogP contribution in [0.1, 0.15) is 194 Å². The lowest BCUT2D eigenvalue weighted by molar-refractivity contribution is -0.870. The number of rotatable bonds is 45. The Morgan fingerprint density at radius 1 is 0.500 bits per heavy atom. The highest BCUT2D eigenvalue weighted by Gasteiger charge is 2.27. The molecule has 2 atom stereocenters. The van der Waals surface area contributed by atoms with E-state index < -0.39 is 26.5 Å². The minimum Gasteiger partial charge on any atom is -0.462 e. The molecule has 1 N–H and O–H groups in total. The Kier molecular flexibility index (Phi) is 43.4. The quantitative estimate of drug-likeness (QED) is 0.0212. The first-order chi connectivity index (χ1) is 31.0. The molecule has 0 aliphatic rings. The third-order valence-corrected chi connectivity index (χ3v) is 11.4. The minimum absolute atomic E-state index is 0.0230. The van der Waals surface area contributed by atoms with Crippen molar-refractivity contribution in [2.24, 2.45) is 0 Å². The molecule has 0 spiro atoms. The van der Waals surface area contributed by atoms with Crippen LogP contribution in [0.4, 0.5) is 0 Å². The molecule has 0 saturated heterocycles. The van der Waals surface area contributed by atoms with Gasteiger partial charge in [0.2, 0.25) is 0 Å². The largest absolute Gasteiger partial charge is 0.472 e. The third-order valence-electron chi connectivity index (χ3n) is 10.4. The van der Waals surface area contributed by atoms with E-state index in [4.69, 9.17) is 18.5 Å². The second-order valence-corrected chi connectivity index (χ2v) is 19.3. The zero-order valence-corrected chi connectivity index (χ0v) is 42.4. The van der Waals surface area contributed by atoms with Gasteiger partial charge < -0.3 is 18.9 Å². The smallest absolute Gasteiger partial charge is 0.462 e. The van der Waals surface area contributed by atoms with Crippen molar-refractivity contribution in [3.8, 4) is 0 Å². The van der Waals surface area contributed by atoms with E-state index in [-0.39, 0.29) is 32.0 Å². The summed E-state index contributed by atoms with van der Waals surface area (Å²) in [7, 11) is 1.45. The maximum Gasteiger partial charge on any atom is 0.472 e. The number of ether oxygens (including phenoxy) is 2. The second-order valence-electron chi connectivity index (χ2n) is 17.8. The van der Waals surface area contributed by atoms with Gasteiger partial charge in [0, 0.05) is 12.8 Å². The normalized spacial score (nSPS) is 14.2. The molecule has 0 aromatic rings. The summed E-state index contributed by atoms with van der Waals surface area (Å²) in [4.78, 5) is 35.5. The number of nitrogens with zero attached hydrogens (tertiary/aromatic N) is 1. The lowest BCUT2D eigenvalue weighted by Gasteiger charge is -2.24. The molecule has 0 heterocycles. The van der Waals surface area contributed by atoms with E-state index in [0.29, 0.717) is 17.4 Å². The van der Waals surface area contributed by atoms with Gasteiger partial charge in [0.05, 0.1) is 27.7 Å². The molecule has 0 aliphatic heterocycles. The van der Waals surface area contributed by atoms with Crippen LogP contribution >= 0.6 is 7.82 Å². The molecule has 0 amide bonds. The van der Waals surface area contributed by atoms with Crippen molar-refractivity contribution in [2.45, 2.75) is 200 Å². The first kappa shape index (κ1) is 61.2. The van der Waals surface area contributed by atoms with Crippen LogP contribution in [0, 0.1) is 0 Å². The molecule has 0 aliphatic carbocycles. The van der Waals surface area contributed by atoms with Gasteiger partial charge in [-0.3, -0.25) is 18.6 Å². The van der Waals surface area contributed by atoms with E-state index >= 15 is 0 Å². The van der Waals surface area contributed by atoms with Crippen molar-refractivity contribution in [2.75, 3.05) is 47.5 Å². The van der Waals surface area contributed by atoms with Crippen LogP contribution in [0.2, 0.25) is 0 Å². The molecule has 64 heavy (non-hydrogen) atoms. The highest BCUT2D eigenvalue weighted by atomic mass is 31.2. The van der Waals surface area contributed by atoms with Gasteiger partial charge in [-0.1, -0.05) is 176 Å². The molecule has 2 unspecified atom stereocenters.